The van der Waals surface area contributed by atoms with E-state index in [2.05, 4.69) is 19.2 Å². The quantitative estimate of drug-likeness (QED) is 0.815. The average Bonchev–Trinajstić information content (AvgIpc) is 2.42. The molecule has 4 heteroatoms. The summed E-state index contributed by atoms with van der Waals surface area (Å²) in [6.07, 6.45) is 3.41. The van der Waals surface area contributed by atoms with Crippen LogP contribution in [-0.4, -0.2) is 32.5 Å². The van der Waals surface area contributed by atoms with Crippen molar-refractivity contribution in [3.8, 4) is 0 Å². The average molecular weight is 245 g/mol. The lowest BCUT2D eigenvalue weighted by Crippen LogP contribution is -2.44. The van der Waals surface area contributed by atoms with Crippen LogP contribution in [0.4, 0.5) is 0 Å². The molecule has 2 fully saturated rings. The first kappa shape index (κ1) is 12.4. The molecule has 3 nitrogen and oxygen atoms in total. The monoisotopic (exact) mass is 245 g/mol. The Bertz CT molecular complexity index is 331. The second-order valence-corrected chi connectivity index (χ2v) is 8.08. The summed E-state index contributed by atoms with van der Waals surface area (Å²) in [4.78, 5) is 0. The van der Waals surface area contributed by atoms with Gasteiger partial charge in [0.05, 0.1) is 11.5 Å². The van der Waals surface area contributed by atoms with E-state index in [0.717, 1.165) is 24.8 Å². The maximum atomic E-state index is 11.3. The standard InChI is InChI=1S/C12H23NO2S/c1-9(2)11-5-12(6-11)13-7-10-3-4-16(14,15)8-10/h9-13H,3-8H2,1-2H3. The molecule has 2 rings (SSSR count). The zero-order valence-corrected chi connectivity index (χ0v) is 11.1. The van der Waals surface area contributed by atoms with Crippen molar-refractivity contribution in [1.82, 2.24) is 5.32 Å². The van der Waals surface area contributed by atoms with E-state index in [0.29, 0.717) is 23.5 Å². The molecule has 0 aromatic carbocycles. The molecule has 0 aromatic rings. The molecule has 1 atom stereocenters. The van der Waals surface area contributed by atoms with Gasteiger partial charge in [-0.1, -0.05) is 13.8 Å². The maximum Gasteiger partial charge on any atom is 0.150 e. The predicted molar refractivity (Wildman–Crippen MR) is 66.1 cm³/mol. The Morgan fingerprint density at radius 2 is 2.00 bits per heavy atom. The van der Waals surface area contributed by atoms with Crippen molar-refractivity contribution in [2.45, 2.75) is 39.2 Å². The number of sulfone groups is 1. The summed E-state index contributed by atoms with van der Waals surface area (Å²) >= 11 is 0. The number of rotatable bonds is 4. The smallest absolute Gasteiger partial charge is 0.150 e. The summed E-state index contributed by atoms with van der Waals surface area (Å²) in [5, 5.41) is 3.52. The Labute approximate surface area is 98.9 Å². The van der Waals surface area contributed by atoms with Crippen LogP contribution in [0.25, 0.3) is 0 Å². The number of hydrogen-bond acceptors (Lipinski definition) is 3. The number of nitrogens with one attached hydrogen (secondary N) is 1. The van der Waals surface area contributed by atoms with Gasteiger partial charge in [-0.05, 0) is 43.6 Å². The molecule has 16 heavy (non-hydrogen) atoms. The highest BCUT2D eigenvalue weighted by Gasteiger charge is 2.33. The van der Waals surface area contributed by atoms with Crippen LogP contribution in [0.5, 0.6) is 0 Å². The van der Waals surface area contributed by atoms with Gasteiger partial charge in [0.1, 0.15) is 0 Å². The first-order chi connectivity index (χ1) is 7.46. The minimum Gasteiger partial charge on any atom is -0.314 e. The molecule has 1 aliphatic carbocycles. The van der Waals surface area contributed by atoms with Crippen molar-refractivity contribution < 1.29 is 8.42 Å². The molecule has 1 saturated heterocycles. The third-order valence-corrected chi connectivity index (χ3v) is 5.98. The first-order valence-corrected chi connectivity index (χ1v) is 8.22. The highest BCUT2D eigenvalue weighted by Crippen LogP contribution is 2.33. The minimum absolute atomic E-state index is 0.364. The Kier molecular flexibility index (Phi) is 3.59. The lowest BCUT2D eigenvalue weighted by Gasteiger charge is -2.39. The van der Waals surface area contributed by atoms with Crippen molar-refractivity contribution in [3.05, 3.63) is 0 Å². The Morgan fingerprint density at radius 3 is 2.50 bits per heavy atom. The molecule has 0 bridgehead atoms. The van der Waals surface area contributed by atoms with Gasteiger partial charge in [-0.15, -0.1) is 0 Å². The van der Waals surface area contributed by atoms with Crippen LogP contribution in [0.1, 0.15) is 33.1 Å². The Hall–Kier alpha value is -0.0900. The van der Waals surface area contributed by atoms with E-state index in [-0.39, 0.29) is 0 Å². The van der Waals surface area contributed by atoms with E-state index >= 15 is 0 Å². The normalized spacial score (nSPS) is 37.6. The zero-order chi connectivity index (χ0) is 11.8. The largest absolute Gasteiger partial charge is 0.314 e. The maximum absolute atomic E-state index is 11.3. The zero-order valence-electron chi connectivity index (χ0n) is 10.3. The second kappa shape index (κ2) is 4.65. The molecule has 0 aromatic heterocycles. The fourth-order valence-electron chi connectivity index (χ4n) is 2.74. The van der Waals surface area contributed by atoms with Crippen LogP contribution in [0, 0.1) is 17.8 Å². The summed E-state index contributed by atoms with van der Waals surface area (Å²) in [6.45, 7) is 5.46. The lowest BCUT2D eigenvalue weighted by molar-refractivity contribution is 0.165. The molecule has 1 aliphatic heterocycles. The minimum atomic E-state index is -2.70. The molecule has 94 valence electrons. The van der Waals surface area contributed by atoms with Gasteiger partial charge in [0.15, 0.2) is 9.84 Å². The van der Waals surface area contributed by atoms with Crippen molar-refractivity contribution in [2.24, 2.45) is 17.8 Å². The summed E-state index contributed by atoms with van der Waals surface area (Å²) in [7, 11) is -2.70. The molecule has 1 saturated carbocycles. The van der Waals surface area contributed by atoms with Gasteiger partial charge in [-0.25, -0.2) is 8.42 Å². The van der Waals surface area contributed by atoms with E-state index in [1.165, 1.54) is 12.8 Å². The van der Waals surface area contributed by atoms with Crippen LogP contribution >= 0.6 is 0 Å². The van der Waals surface area contributed by atoms with Crippen molar-refractivity contribution in [3.63, 3.8) is 0 Å². The molecule has 0 amide bonds. The van der Waals surface area contributed by atoms with Crippen LogP contribution in [0.15, 0.2) is 0 Å². The lowest BCUT2D eigenvalue weighted by atomic mass is 9.73. The van der Waals surface area contributed by atoms with Crippen LogP contribution in [0.2, 0.25) is 0 Å². The van der Waals surface area contributed by atoms with E-state index < -0.39 is 9.84 Å². The van der Waals surface area contributed by atoms with Gasteiger partial charge in [-0.3, -0.25) is 0 Å². The van der Waals surface area contributed by atoms with Gasteiger partial charge in [-0.2, -0.15) is 0 Å². The van der Waals surface area contributed by atoms with E-state index in [1.54, 1.807) is 0 Å². The predicted octanol–water partition coefficient (Wildman–Crippen LogP) is 1.45. The molecular weight excluding hydrogens is 222 g/mol. The summed E-state index contributed by atoms with van der Waals surface area (Å²) in [5.74, 6) is 2.84. The van der Waals surface area contributed by atoms with Crippen LogP contribution < -0.4 is 5.32 Å². The molecule has 1 N–H and O–H groups in total. The second-order valence-electron chi connectivity index (χ2n) is 5.85. The topological polar surface area (TPSA) is 46.2 Å². The highest BCUT2D eigenvalue weighted by atomic mass is 32.2. The van der Waals surface area contributed by atoms with Crippen LogP contribution in [-0.2, 0) is 9.84 Å². The Morgan fingerprint density at radius 1 is 1.31 bits per heavy atom. The van der Waals surface area contributed by atoms with Gasteiger partial charge in [0, 0.05) is 6.04 Å². The van der Waals surface area contributed by atoms with Crippen molar-refractivity contribution >= 4 is 9.84 Å². The van der Waals surface area contributed by atoms with Crippen molar-refractivity contribution in [2.75, 3.05) is 18.1 Å². The number of hydrogen-bond donors (Lipinski definition) is 1. The van der Waals surface area contributed by atoms with Crippen LogP contribution in [0.3, 0.4) is 0 Å². The molecule has 1 heterocycles. The fraction of sp³-hybridized carbons (Fsp3) is 1.00. The molecule has 1 unspecified atom stereocenters. The summed E-state index contributed by atoms with van der Waals surface area (Å²) in [5.41, 5.74) is 0. The van der Waals surface area contributed by atoms with E-state index in [4.69, 9.17) is 0 Å². The van der Waals surface area contributed by atoms with Crippen molar-refractivity contribution in [1.29, 1.82) is 0 Å². The van der Waals surface area contributed by atoms with Gasteiger partial charge >= 0.3 is 0 Å². The Balaban J connectivity index is 1.64. The van der Waals surface area contributed by atoms with Gasteiger partial charge < -0.3 is 5.32 Å². The van der Waals surface area contributed by atoms with E-state index in [1.807, 2.05) is 0 Å². The first-order valence-electron chi connectivity index (χ1n) is 6.40. The van der Waals surface area contributed by atoms with E-state index in [9.17, 15) is 8.42 Å². The summed E-state index contributed by atoms with van der Waals surface area (Å²) in [6, 6.07) is 0.649. The molecule has 0 spiro atoms. The molecule has 0 radical (unpaired) electrons. The third kappa shape index (κ3) is 2.98. The summed E-state index contributed by atoms with van der Waals surface area (Å²) < 4.78 is 22.6. The fourth-order valence-corrected chi connectivity index (χ4v) is 4.60. The molecule has 2 aliphatic rings. The SMILES string of the molecule is CC(C)C1CC(NCC2CCS(=O)(=O)C2)C1. The highest BCUT2D eigenvalue weighted by molar-refractivity contribution is 7.91. The van der Waals surface area contributed by atoms with Gasteiger partial charge in [0.25, 0.3) is 0 Å². The van der Waals surface area contributed by atoms with Gasteiger partial charge in [0.2, 0.25) is 0 Å². The molecular formula is C12H23NO2S. The third-order valence-electron chi connectivity index (χ3n) is 4.14.